The number of amides is 1. The van der Waals surface area contributed by atoms with Gasteiger partial charge in [-0.3, -0.25) is 14.6 Å². The SMILES string of the molecule is C[C@H](C(=O)NC1CCCC1)N1CCN(Cc2ccc(Cl)cc2)CC1. The van der Waals surface area contributed by atoms with Gasteiger partial charge in [-0.2, -0.15) is 0 Å². The molecule has 0 spiro atoms. The summed E-state index contributed by atoms with van der Waals surface area (Å²) in [6.45, 7) is 6.90. The maximum Gasteiger partial charge on any atom is 0.237 e. The molecule has 5 heteroatoms. The highest BCUT2D eigenvalue weighted by atomic mass is 35.5. The molecule has 0 bridgehead atoms. The highest BCUT2D eigenvalue weighted by Crippen LogP contribution is 2.18. The van der Waals surface area contributed by atoms with E-state index in [1.807, 2.05) is 19.1 Å². The predicted octanol–water partition coefficient (Wildman–Crippen LogP) is 2.90. The lowest BCUT2D eigenvalue weighted by Gasteiger charge is -2.37. The minimum atomic E-state index is -0.0247. The fourth-order valence-electron chi connectivity index (χ4n) is 3.71. The van der Waals surface area contributed by atoms with Gasteiger partial charge in [-0.15, -0.1) is 0 Å². The van der Waals surface area contributed by atoms with Gasteiger partial charge in [0.25, 0.3) is 0 Å². The molecular weight excluding hydrogens is 322 g/mol. The first-order chi connectivity index (χ1) is 11.6. The summed E-state index contributed by atoms with van der Waals surface area (Å²) in [7, 11) is 0. The monoisotopic (exact) mass is 349 g/mol. The van der Waals surface area contributed by atoms with E-state index in [2.05, 4.69) is 27.2 Å². The molecule has 1 heterocycles. The number of carbonyl (C=O) groups is 1. The summed E-state index contributed by atoms with van der Waals surface area (Å²) in [4.78, 5) is 17.2. The van der Waals surface area contributed by atoms with E-state index in [9.17, 15) is 4.79 Å². The highest BCUT2D eigenvalue weighted by Gasteiger charge is 2.27. The number of nitrogens with one attached hydrogen (secondary N) is 1. The lowest BCUT2D eigenvalue weighted by atomic mass is 10.1. The summed E-state index contributed by atoms with van der Waals surface area (Å²) >= 11 is 5.94. The Labute approximate surface area is 150 Å². The molecule has 0 aromatic heterocycles. The van der Waals surface area contributed by atoms with E-state index in [0.29, 0.717) is 6.04 Å². The molecular formula is C19H28ClN3O. The number of carbonyl (C=O) groups excluding carboxylic acids is 1. The molecule has 1 saturated heterocycles. The van der Waals surface area contributed by atoms with Crippen LogP contribution in [-0.2, 0) is 11.3 Å². The van der Waals surface area contributed by atoms with Crippen LogP contribution in [0.25, 0.3) is 0 Å². The Morgan fingerprint density at radius 3 is 2.42 bits per heavy atom. The first kappa shape index (κ1) is 17.7. The number of hydrogen-bond donors (Lipinski definition) is 1. The van der Waals surface area contributed by atoms with Gasteiger partial charge in [0.1, 0.15) is 0 Å². The molecule has 24 heavy (non-hydrogen) atoms. The van der Waals surface area contributed by atoms with E-state index in [-0.39, 0.29) is 11.9 Å². The van der Waals surface area contributed by atoms with Gasteiger partial charge in [0.2, 0.25) is 5.91 Å². The molecule has 0 unspecified atom stereocenters. The van der Waals surface area contributed by atoms with Gasteiger partial charge in [0.05, 0.1) is 6.04 Å². The third kappa shape index (κ3) is 4.71. The third-order valence-corrected chi connectivity index (χ3v) is 5.61. The van der Waals surface area contributed by atoms with Crippen molar-refractivity contribution >= 4 is 17.5 Å². The fourth-order valence-corrected chi connectivity index (χ4v) is 3.84. The molecule has 1 amide bonds. The molecule has 2 fully saturated rings. The van der Waals surface area contributed by atoms with Gasteiger partial charge >= 0.3 is 0 Å². The Hall–Kier alpha value is -1.10. The molecule has 2 aliphatic rings. The molecule has 4 nitrogen and oxygen atoms in total. The van der Waals surface area contributed by atoms with Crippen LogP contribution in [0, 0.1) is 0 Å². The maximum atomic E-state index is 12.4. The minimum Gasteiger partial charge on any atom is -0.352 e. The molecule has 1 aliphatic heterocycles. The second-order valence-electron chi connectivity index (χ2n) is 7.10. The van der Waals surface area contributed by atoms with Gasteiger partial charge in [-0.1, -0.05) is 36.6 Å². The number of rotatable bonds is 5. The normalized spacial score (nSPS) is 21.8. The Kier molecular flexibility index (Phi) is 6.14. The van der Waals surface area contributed by atoms with Gasteiger partial charge in [-0.25, -0.2) is 0 Å². The van der Waals surface area contributed by atoms with Crippen LogP contribution in [0.2, 0.25) is 5.02 Å². The van der Waals surface area contributed by atoms with Gasteiger partial charge < -0.3 is 5.32 Å². The van der Waals surface area contributed by atoms with Crippen molar-refractivity contribution in [2.24, 2.45) is 0 Å². The van der Waals surface area contributed by atoms with Crippen LogP contribution in [0.4, 0.5) is 0 Å². The van der Waals surface area contributed by atoms with Crippen molar-refractivity contribution in [2.75, 3.05) is 26.2 Å². The summed E-state index contributed by atoms with van der Waals surface area (Å²) in [6.07, 6.45) is 4.80. The first-order valence-corrected chi connectivity index (χ1v) is 9.51. The summed E-state index contributed by atoms with van der Waals surface area (Å²) < 4.78 is 0. The van der Waals surface area contributed by atoms with E-state index in [0.717, 1.165) is 50.6 Å². The topological polar surface area (TPSA) is 35.6 Å². The zero-order valence-corrected chi connectivity index (χ0v) is 15.3. The van der Waals surface area contributed by atoms with Crippen LogP contribution < -0.4 is 5.32 Å². The summed E-state index contributed by atoms with van der Waals surface area (Å²) in [6, 6.07) is 8.46. The third-order valence-electron chi connectivity index (χ3n) is 5.36. The summed E-state index contributed by atoms with van der Waals surface area (Å²) in [5.74, 6) is 0.202. The number of nitrogens with zero attached hydrogens (tertiary/aromatic N) is 2. The quantitative estimate of drug-likeness (QED) is 0.887. The second-order valence-corrected chi connectivity index (χ2v) is 7.54. The number of halogens is 1. The zero-order chi connectivity index (χ0) is 16.9. The second kappa shape index (κ2) is 8.32. The van der Waals surface area contributed by atoms with E-state index in [1.54, 1.807) is 0 Å². The van der Waals surface area contributed by atoms with Gasteiger partial charge in [0, 0.05) is 43.8 Å². The van der Waals surface area contributed by atoms with Crippen molar-refractivity contribution in [1.29, 1.82) is 0 Å². The van der Waals surface area contributed by atoms with E-state index in [4.69, 9.17) is 11.6 Å². The molecule has 3 rings (SSSR count). The predicted molar refractivity (Wildman–Crippen MR) is 98.2 cm³/mol. The van der Waals surface area contributed by atoms with E-state index < -0.39 is 0 Å². The standard InChI is InChI=1S/C19H28ClN3O/c1-15(19(24)21-18-4-2-3-5-18)23-12-10-22(11-13-23)14-16-6-8-17(20)9-7-16/h6-9,15,18H,2-5,10-14H2,1H3,(H,21,24)/t15-/m1/s1. The van der Waals surface area contributed by atoms with Crippen LogP contribution >= 0.6 is 11.6 Å². The van der Waals surface area contributed by atoms with Gasteiger partial charge in [0.15, 0.2) is 0 Å². The smallest absolute Gasteiger partial charge is 0.237 e. The van der Waals surface area contributed by atoms with Crippen molar-refractivity contribution in [2.45, 2.75) is 51.2 Å². The van der Waals surface area contributed by atoms with Crippen LogP contribution in [0.5, 0.6) is 0 Å². The Morgan fingerprint density at radius 1 is 1.17 bits per heavy atom. The Morgan fingerprint density at radius 2 is 1.79 bits per heavy atom. The average molecular weight is 350 g/mol. The molecule has 1 aromatic carbocycles. The Balaban J connectivity index is 1.43. The maximum absolute atomic E-state index is 12.4. The first-order valence-electron chi connectivity index (χ1n) is 9.13. The largest absolute Gasteiger partial charge is 0.352 e. The van der Waals surface area contributed by atoms with Crippen LogP contribution in [0.15, 0.2) is 24.3 Å². The van der Waals surface area contributed by atoms with Crippen LogP contribution in [-0.4, -0.2) is 54.0 Å². The molecule has 132 valence electrons. The Bertz CT molecular complexity index is 534. The van der Waals surface area contributed by atoms with Crippen LogP contribution in [0.1, 0.15) is 38.2 Å². The molecule has 1 aromatic rings. The summed E-state index contributed by atoms with van der Waals surface area (Å²) in [5.41, 5.74) is 1.29. The highest BCUT2D eigenvalue weighted by molar-refractivity contribution is 6.30. The lowest BCUT2D eigenvalue weighted by molar-refractivity contribution is -0.127. The minimum absolute atomic E-state index is 0.0247. The number of piperazine rings is 1. The molecule has 0 radical (unpaired) electrons. The summed E-state index contributed by atoms with van der Waals surface area (Å²) in [5, 5.41) is 4.01. The van der Waals surface area contributed by atoms with E-state index in [1.165, 1.54) is 18.4 Å². The van der Waals surface area contributed by atoms with Crippen molar-refractivity contribution in [1.82, 2.24) is 15.1 Å². The van der Waals surface area contributed by atoms with Crippen molar-refractivity contribution in [3.05, 3.63) is 34.9 Å². The number of hydrogen-bond acceptors (Lipinski definition) is 3. The zero-order valence-electron chi connectivity index (χ0n) is 14.5. The van der Waals surface area contributed by atoms with Gasteiger partial charge in [-0.05, 0) is 37.5 Å². The van der Waals surface area contributed by atoms with Crippen LogP contribution in [0.3, 0.4) is 0 Å². The molecule has 1 atom stereocenters. The molecule has 1 aliphatic carbocycles. The van der Waals surface area contributed by atoms with Crippen molar-refractivity contribution < 1.29 is 4.79 Å². The van der Waals surface area contributed by atoms with Crippen molar-refractivity contribution in [3.63, 3.8) is 0 Å². The van der Waals surface area contributed by atoms with Crippen molar-refractivity contribution in [3.8, 4) is 0 Å². The average Bonchev–Trinajstić information content (AvgIpc) is 3.10. The molecule has 1 saturated carbocycles. The lowest BCUT2D eigenvalue weighted by Crippen LogP contribution is -2.54. The number of benzene rings is 1. The molecule has 1 N–H and O–H groups in total. The fraction of sp³-hybridized carbons (Fsp3) is 0.632. The van der Waals surface area contributed by atoms with E-state index >= 15 is 0 Å².